The fourth-order valence-corrected chi connectivity index (χ4v) is 2.07. The van der Waals surface area contributed by atoms with Crippen LogP contribution in [0.5, 0.6) is 0 Å². The SMILES string of the molecule is N#CCNC(=O)CN1CCC(CCN)CC1. The molecule has 90 valence electrons. The summed E-state index contributed by atoms with van der Waals surface area (Å²) in [6, 6.07) is 1.90. The molecular formula is C11H20N4O. The van der Waals surface area contributed by atoms with Gasteiger partial charge in [-0.05, 0) is 44.8 Å². The van der Waals surface area contributed by atoms with Gasteiger partial charge in [-0.1, -0.05) is 0 Å². The van der Waals surface area contributed by atoms with Gasteiger partial charge in [0.25, 0.3) is 0 Å². The lowest BCUT2D eigenvalue weighted by atomic mass is 9.94. The molecule has 1 fully saturated rings. The molecule has 0 spiro atoms. The van der Waals surface area contributed by atoms with Gasteiger partial charge in [-0.3, -0.25) is 9.69 Å². The number of rotatable bonds is 5. The van der Waals surface area contributed by atoms with Crippen molar-refractivity contribution in [3.63, 3.8) is 0 Å². The van der Waals surface area contributed by atoms with Crippen LogP contribution in [0.2, 0.25) is 0 Å². The molecule has 16 heavy (non-hydrogen) atoms. The van der Waals surface area contributed by atoms with Gasteiger partial charge in [-0.25, -0.2) is 0 Å². The largest absolute Gasteiger partial charge is 0.342 e. The molecule has 0 bridgehead atoms. The fraction of sp³-hybridized carbons (Fsp3) is 0.818. The van der Waals surface area contributed by atoms with E-state index >= 15 is 0 Å². The van der Waals surface area contributed by atoms with E-state index in [1.54, 1.807) is 0 Å². The molecular weight excluding hydrogens is 204 g/mol. The van der Waals surface area contributed by atoms with Gasteiger partial charge in [-0.2, -0.15) is 5.26 Å². The van der Waals surface area contributed by atoms with Gasteiger partial charge in [0.2, 0.25) is 5.91 Å². The number of nitriles is 1. The summed E-state index contributed by atoms with van der Waals surface area (Å²) in [6.45, 7) is 3.20. The molecule has 0 aromatic carbocycles. The van der Waals surface area contributed by atoms with E-state index < -0.39 is 0 Å². The monoisotopic (exact) mass is 224 g/mol. The normalized spacial score (nSPS) is 18.0. The Balaban J connectivity index is 2.17. The van der Waals surface area contributed by atoms with Crippen molar-refractivity contribution in [1.82, 2.24) is 10.2 Å². The van der Waals surface area contributed by atoms with Gasteiger partial charge in [0.1, 0.15) is 6.54 Å². The summed E-state index contributed by atoms with van der Waals surface area (Å²) in [7, 11) is 0. The Morgan fingerprint density at radius 3 is 2.75 bits per heavy atom. The smallest absolute Gasteiger partial charge is 0.235 e. The number of nitrogens with one attached hydrogen (secondary N) is 1. The highest BCUT2D eigenvalue weighted by atomic mass is 16.2. The summed E-state index contributed by atoms with van der Waals surface area (Å²) in [4.78, 5) is 13.5. The van der Waals surface area contributed by atoms with Crippen LogP contribution in [-0.2, 0) is 4.79 Å². The van der Waals surface area contributed by atoms with Crippen LogP contribution in [0.4, 0.5) is 0 Å². The van der Waals surface area contributed by atoms with Crippen molar-refractivity contribution in [3.05, 3.63) is 0 Å². The van der Waals surface area contributed by atoms with Crippen LogP contribution < -0.4 is 11.1 Å². The Kier molecular flexibility index (Phi) is 5.83. The highest BCUT2D eigenvalue weighted by molar-refractivity contribution is 5.78. The lowest BCUT2D eigenvalue weighted by molar-refractivity contribution is -0.122. The Hall–Kier alpha value is -1.12. The summed E-state index contributed by atoms with van der Waals surface area (Å²) in [6.07, 6.45) is 3.35. The van der Waals surface area contributed by atoms with Gasteiger partial charge < -0.3 is 11.1 Å². The van der Waals surface area contributed by atoms with Gasteiger partial charge in [0.15, 0.2) is 0 Å². The minimum Gasteiger partial charge on any atom is -0.342 e. The van der Waals surface area contributed by atoms with Crippen molar-refractivity contribution in [2.45, 2.75) is 19.3 Å². The number of amides is 1. The van der Waals surface area contributed by atoms with Crippen molar-refractivity contribution in [2.24, 2.45) is 11.7 Å². The van der Waals surface area contributed by atoms with Crippen molar-refractivity contribution >= 4 is 5.91 Å². The molecule has 0 saturated carbocycles. The van der Waals surface area contributed by atoms with Gasteiger partial charge in [0.05, 0.1) is 12.6 Å². The number of nitrogens with two attached hydrogens (primary N) is 1. The number of carbonyl (C=O) groups excluding carboxylic acids is 1. The molecule has 1 saturated heterocycles. The third-order valence-corrected chi connectivity index (χ3v) is 3.01. The van der Waals surface area contributed by atoms with Crippen LogP contribution in [0.3, 0.4) is 0 Å². The fourth-order valence-electron chi connectivity index (χ4n) is 2.07. The minimum atomic E-state index is -0.0566. The third-order valence-electron chi connectivity index (χ3n) is 3.01. The first-order chi connectivity index (χ1) is 7.76. The number of carbonyl (C=O) groups is 1. The highest BCUT2D eigenvalue weighted by Crippen LogP contribution is 2.19. The van der Waals surface area contributed by atoms with E-state index in [9.17, 15) is 4.79 Å². The first-order valence-corrected chi connectivity index (χ1v) is 5.82. The second-order valence-electron chi connectivity index (χ2n) is 4.23. The maximum Gasteiger partial charge on any atom is 0.235 e. The minimum absolute atomic E-state index is 0.0566. The molecule has 0 aromatic rings. The predicted molar refractivity (Wildman–Crippen MR) is 61.5 cm³/mol. The lowest BCUT2D eigenvalue weighted by Gasteiger charge is -2.31. The zero-order valence-electron chi connectivity index (χ0n) is 9.61. The molecule has 1 aliphatic heterocycles. The Morgan fingerprint density at radius 2 is 2.19 bits per heavy atom. The Morgan fingerprint density at radius 1 is 1.50 bits per heavy atom. The predicted octanol–water partition coefficient (Wildman–Crippen LogP) is -0.313. The summed E-state index contributed by atoms with van der Waals surface area (Å²) in [5.74, 6) is 0.669. The average Bonchev–Trinajstić information content (AvgIpc) is 2.29. The van der Waals surface area contributed by atoms with Gasteiger partial charge in [0, 0.05) is 0 Å². The first kappa shape index (κ1) is 12.9. The van der Waals surface area contributed by atoms with E-state index in [0.29, 0.717) is 6.54 Å². The first-order valence-electron chi connectivity index (χ1n) is 5.82. The molecule has 5 heteroatoms. The van der Waals surface area contributed by atoms with E-state index in [2.05, 4.69) is 10.2 Å². The average molecular weight is 224 g/mol. The summed E-state index contributed by atoms with van der Waals surface area (Å²) in [5, 5.41) is 10.9. The number of likely N-dealkylation sites (tertiary alicyclic amines) is 1. The second kappa shape index (κ2) is 7.20. The van der Waals surface area contributed by atoms with Crippen molar-refractivity contribution < 1.29 is 4.79 Å². The molecule has 0 radical (unpaired) electrons. The quantitative estimate of drug-likeness (QED) is 0.627. The molecule has 0 unspecified atom stereocenters. The molecule has 1 rings (SSSR count). The second-order valence-corrected chi connectivity index (χ2v) is 4.23. The summed E-state index contributed by atoms with van der Waals surface area (Å²) in [5.41, 5.74) is 5.52. The van der Waals surface area contributed by atoms with E-state index in [1.807, 2.05) is 6.07 Å². The van der Waals surface area contributed by atoms with Crippen molar-refractivity contribution in [2.75, 3.05) is 32.7 Å². The number of hydrogen-bond acceptors (Lipinski definition) is 4. The summed E-state index contributed by atoms with van der Waals surface area (Å²) >= 11 is 0. The molecule has 0 atom stereocenters. The van der Waals surface area contributed by atoms with Gasteiger partial charge >= 0.3 is 0 Å². The van der Waals surface area contributed by atoms with Gasteiger partial charge in [-0.15, -0.1) is 0 Å². The summed E-state index contributed by atoms with van der Waals surface area (Å²) < 4.78 is 0. The molecule has 1 amide bonds. The molecule has 5 nitrogen and oxygen atoms in total. The Labute approximate surface area is 96.6 Å². The van der Waals surface area contributed by atoms with E-state index in [1.165, 1.54) is 0 Å². The molecule has 1 heterocycles. The molecule has 0 aromatic heterocycles. The molecule has 1 aliphatic rings. The van der Waals surface area contributed by atoms with E-state index in [4.69, 9.17) is 11.0 Å². The Bertz CT molecular complexity index is 253. The topological polar surface area (TPSA) is 82.2 Å². The maximum absolute atomic E-state index is 11.4. The van der Waals surface area contributed by atoms with Crippen LogP contribution in [0, 0.1) is 17.2 Å². The van der Waals surface area contributed by atoms with E-state index in [-0.39, 0.29) is 12.5 Å². The van der Waals surface area contributed by atoms with Crippen LogP contribution in [0.1, 0.15) is 19.3 Å². The highest BCUT2D eigenvalue weighted by Gasteiger charge is 2.19. The van der Waals surface area contributed by atoms with Crippen molar-refractivity contribution in [3.8, 4) is 6.07 Å². The molecule has 0 aliphatic carbocycles. The third kappa shape index (κ3) is 4.60. The number of hydrogen-bond donors (Lipinski definition) is 2. The van der Waals surface area contributed by atoms with Crippen molar-refractivity contribution in [1.29, 1.82) is 5.26 Å². The standard InChI is InChI=1S/C11H20N4O/c12-4-1-10-2-7-15(8-3-10)9-11(16)14-6-5-13/h10H,1-4,6-9,12H2,(H,14,16). The van der Waals surface area contributed by atoms with Crippen LogP contribution >= 0.6 is 0 Å². The number of piperidine rings is 1. The zero-order valence-corrected chi connectivity index (χ0v) is 9.61. The van der Waals surface area contributed by atoms with Crippen LogP contribution in [0.25, 0.3) is 0 Å². The van der Waals surface area contributed by atoms with Crippen LogP contribution in [-0.4, -0.2) is 43.5 Å². The van der Waals surface area contributed by atoms with Crippen LogP contribution in [0.15, 0.2) is 0 Å². The lowest BCUT2D eigenvalue weighted by Crippen LogP contribution is -2.41. The van der Waals surface area contributed by atoms with E-state index in [0.717, 1.165) is 44.8 Å². The molecule has 3 N–H and O–H groups in total. The number of nitrogens with zero attached hydrogens (tertiary/aromatic N) is 2. The zero-order chi connectivity index (χ0) is 11.8. The maximum atomic E-state index is 11.4.